The minimum absolute atomic E-state index is 0.416. The highest BCUT2D eigenvalue weighted by Gasteiger charge is 2.21. The molecule has 1 saturated carbocycles. The fourth-order valence-electron chi connectivity index (χ4n) is 7.07. The molecule has 6 heteroatoms. The summed E-state index contributed by atoms with van der Waals surface area (Å²) in [7, 11) is 0. The normalized spacial score (nSPS) is 16.8. The highest BCUT2D eigenvalue weighted by molar-refractivity contribution is 6.30. The summed E-state index contributed by atoms with van der Waals surface area (Å²) in [5, 5.41) is 0.711. The number of hydrogen-bond acceptors (Lipinski definition) is 4. The summed E-state index contributed by atoms with van der Waals surface area (Å²) >= 11 is 6.10. The van der Waals surface area contributed by atoms with Gasteiger partial charge in [-0.3, -0.25) is 0 Å². The Bertz CT molecular complexity index is 1420. The number of ether oxygens (including phenoxy) is 2. The van der Waals surface area contributed by atoms with E-state index in [4.69, 9.17) is 26.1 Å². The third-order valence-corrected chi connectivity index (χ3v) is 9.94. The van der Waals surface area contributed by atoms with Gasteiger partial charge in [-0.1, -0.05) is 67.3 Å². The molecular formula is C38H48ClN3O2. The maximum Gasteiger partial charge on any atom is 0.148 e. The van der Waals surface area contributed by atoms with E-state index in [1.807, 2.05) is 24.3 Å². The number of piperidine rings is 1. The number of para-hydroxylation sites is 1. The highest BCUT2D eigenvalue weighted by atomic mass is 35.5. The third kappa shape index (κ3) is 8.57. The Labute approximate surface area is 268 Å². The van der Waals surface area contributed by atoms with Crippen molar-refractivity contribution in [2.24, 2.45) is 11.8 Å². The second-order valence-electron chi connectivity index (χ2n) is 12.9. The van der Waals surface area contributed by atoms with Crippen LogP contribution in [-0.2, 0) is 19.6 Å². The van der Waals surface area contributed by atoms with Crippen molar-refractivity contribution >= 4 is 22.6 Å². The van der Waals surface area contributed by atoms with E-state index < -0.39 is 0 Å². The van der Waals surface area contributed by atoms with Crippen LogP contribution in [0.5, 0.6) is 11.5 Å². The van der Waals surface area contributed by atoms with Gasteiger partial charge in [0.15, 0.2) is 0 Å². The van der Waals surface area contributed by atoms with Crippen LogP contribution >= 0.6 is 11.6 Å². The molecule has 2 fully saturated rings. The first-order chi connectivity index (χ1) is 21.7. The zero-order valence-corrected chi connectivity index (χ0v) is 26.9. The lowest BCUT2D eigenvalue weighted by Gasteiger charge is -2.32. The first-order valence-corrected chi connectivity index (χ1v) is 17.3. The average Bonchev–Trinajstić information content (AvgIpc) is 3.43. The van der Waals surface area contributed by atoms with Crippen LogP contribution in [-0.4, -0.2) is 40.7 Å². The largest absolute Gasteiger partial charge is 0.491 e. The highest BCUT2D eigenvalue weighted by Crippen LogP contribution is 2.31. The van der Waals surface area contributed by atoms with Crippen LogP contribution in [0, 0.1) is 11.8 Å². The number of benzene rings is 3. The first kappa shape index (κ1) is 31.0. The van der Waals surface area contributed by atoms with Crippen LogP contribution in [0.25, 0.3) is 11.0 Å². The molecule has 0 unspecified atom stereocenters. The third-order valence-electron chi connectivity index (χ3n) is 9.69. The SMILES string of the molecule is Clc1ccc(OCc2nc3c(OCC4CCCCC4)cccc3n2CCCC2CCN(CCCc3ccccc3)CC2)cc1. The van der Waals surface area contributed by atoms with Crippen molar-refractivity contribution in [2.75, 3.05) is 26.2 Å². The lowest BCUT2D eigenvalue weighted by molar-refractivity contribution is 0.175. The van der Waals surface area contributed by atoms with Crippen LogP contribution < -0.4 is 9.47 Å². The summed E-state index contributed by atoms with van der Waals surface area (Å²) < 4.78 is 15.0. The monoisotopic (exact) mass is 613 g/mol. The van der Waals surface area contributed by atoms with Gasteiger partial charge in [0, 0.05) is 11.6 Å². The Morgan fingerprint density at radius 1 is 0.750 bits per heavy atom. The molecule has 0 N–H and O–H groups in total. The molecule has 0 radical (unpaired) electrons. The van der Waals surface area contributed by atoms with Gasteiger partial charge in [0.2, 0.25) is 0 Å². The van der Waals surface area contributed by atoms with E-state index in [1.165, 1.54) is 89.4 Å². The molecular weight excluding hydrogens is 566 g/mol. The molecule has 2 aliphatic rings. The maximum absolute atomic E-state index is 6.43. The van der Waals surface area contributed by atoms with Gasteiger partial charge in [-0.2, -0.15) is 0 Å². The molecule has 0 atom stereocenters. The zero-order chi connectivity index (χ0) is 30.0. The van der Waals surface area contributed by atoms with Crippen LogP contribution in [0.3, 0.4) is 0 Å². The molecule has 4 aromatic rings. The number of nitrogens with zero attached hydrogens (tertiary/aromatic N) is 3. The zero-order valence-electron chi connectivity index (χ0n) is 26.1. The number of aryl methyl sites for hydroxylation is 2. The molecule has 0 spiro atoms. The van der Waals surface area contributed by atoms with Crippen LogP contribution in [0.1, 0.15) is 75.6 Å². The molecule has 1 aliphatic heterocycles. The van der Waals surface area contributed by atoms with Gasteiger partial charge in [-0.25, -0.2) is 4.98 Å². The lowest BCUT2D eigenvalue weighted by Crippen LogP contribution is -2.34. The van der Waals surface area contributed by atoms with Crippen LogP contribution in [0.15, 0.2) is 72.8 Å². The number of rotatable bonds is 14. The molecule has 0 bridgehead atoms. The van der Waals surface area contributed by atoms with Gasteiger partial charge >= 0.3 is 0 Å². The molecule has 0 amide bonds. The fraction of sp³-hybridized carbons (Fsp3) is 0.500. The van der Waals surface area contributed by atoms with Gasteiger partial charge in [0.25, 0.3) is 0 Å². The van der Waals surface area contributed by atoms with Crippen molar-refractivity contribution in [1.82, 2.24) is 14.5 Å². The smallest absolute Gasteiger partial charge is 0.148 e. The van der Waals surface area contributed by atoms with Crippen molar-refractivity contribution in [3.63, 3.8) is 0 Å². The van der Waals surface area contributed by atoms with Crippen LogP contribution in [0.4, 0.5) is 0 Å². The van der Waals surface area contributed by atoms with Crippen molar-refractivity contribution in [2.45, 2.75) is 83.8 Å². The van der Waals surface area contributed by atoms with Gasteiger partial charge in [-0.05, 0) is 125 Å². The average molecular weight is 614 g/mol. The fourth-order valence-corrected chi connectivity index (χ4v) is 7.20. The Kier molecular flexibility index (Phi) is 11.1. The van der Waals surface area contributed by atoms with E-state index in [9.17, 15) is 0 Å². The number of imidazole rings is 1. The van der Waals surface area contributed by atoms with Crippen molar-refractivity contribution < 1.29 is 9.47 Å². The molecule has 1 saturated heterocycles. The molecule has 6 rings (SSSR count). The van der Waals surface area contributed by atoms with Crippen molar-refractivity contribution in [3.05, 3.63) is 89.2 Å². The molecule has 234 valence electrons. The van der Waals surface area contributed by atoms with E-state index in [0.717, 1.165) is 53.8 Å². The molecule has 44 heavy (non-hydrogen) atoms. The topological polar surface area (TPSA) is 39.5 Å². The predicted octanol–water partition coefficient (Wildman–Crippen LogP) is 9.35. The number of hydrogen-bond donors (Lipinski definition) is 0. The summed E-state index contributed by atoms with van der Waals surface area (Å²) in [5.74, 6) is 4.12. The van der Waals surface area contributed by atoms with E-state index in [1.54, 1.807) is 0 Å². The molecule has 1 aliphatic carbocycles. The predicted molar refractivity (Wildman–Crippen MR) is 181 cm³/mol. The van der Waals surface area contributed by atoms with Crippen LogP contribution in [0.2, 0.25) is 5.02 Å². The van der Waals surface area contributed by atoms with E-state index in [-0.39, 0.29) is 0 Å². The first-order valence-electron chi connectivity index (χ1n) is 17.0. The summed E-state index contributed by atoms with van der Waals surface area (Å²) in [4.78, 5) is 7.79. The Balaban J connectivity index is 1.05. The van der Waals surface area contributed by atoms with E-state index in [0.29, 0.717) is 17.5 Å². The van der Waals surface area contributed by atoms with E-state index >= 15 is 0 Å². The number of likely N-dealkylation sites (tertiary alicyclic amines) is 1. The number of aromatic nitrogens is 2. The molecule has 1 aromatic heterocycles. The van der Waals surface area contributed by atoms with Gasteiger partial charge < -0.3 is 18.9 Å². The molecule has 2 heterocycles. The van der Waals surface area contributed by atoms with E-state index in [2.05, 4.69) is 58.0 Å². The summed E-state index contributed by atoms with van der Waals surface area (Å²) in [6.45, 7) is 5.82. The second kappa shape index (κ2) is 15.8. The Morgan fingerprint density at radius 3 is 2.34 bits per heavy atom. The summed E-state index contributed by atoms with van der Waals surface area (Å²) in [5.41, 5.74) is 3.56. The summed E-state index contributed by atoms with van der Waals surface area (Å²) in [6, 6.07) is 24.9. The summed E-state index contributed by atoms with van der Waals surface area (Å²) in [6.07, 6.45) is 14.0. The lowest BCUT2D eigenvalue weighted by atomic mass is 9.90. The van der Waals surface area contributed by atoms with Gasteiger partial charge in [0.05, 0.1) is 12.1 Å². The van der Waals surface area contributed by atoms with Crippen molar-refractivity contribution in [3.8, 4) is 11.5 Å². The minimum atomic E-state index is 0.416. The van der Waals surface area contributed by atoms with Crippen molar-refractivity contribution in [1.29, 1.82) is 0 Å². The standard InChI is InChI=1S/C38H48ClN3O2/c39-33-18-20-34(21-19-33)43-29-37-40-38-35(16-7-17-36(38)44-28-32-12-5-2-6-13-32)42(37)25-9-15-31-22-26-41(27-23-31)24-8-14-30-10-3-1-4-11-30/h1,3-4,7,10-11,16-21,31-32H,2,5-6,8-9,12-15,22-29H2. The number of halogens is 1. The minimum Gasteiger partial charge on any atom is -0.491 e. The Hall–Kier alpha value is -3.02. The van der Waals surface area contributed by atoms with Gasteiger partial charge in [-0.15, -0.1) is 0 Å². The molecule has 5 nitrogen and oxygen atoms in total. The Morgan fingerprint density at radius 2 is 1.55 bits per heavy atom. The quantitative estimate of drug-likeness (QED) is 0.142. The maximum atomic E-state index is 6.43. The second-order valence-corrected chi connectivity index (χ2v) is 13.3. The molecule has 3 aromatic carbocycles. The number of fused-ring (bicyclic) bond motifs is 1. The van der Waals surface area contributed by atoms with Gasteiger partial charge in [0.1, 0.15) is 29.4 Å².